The largest absolute Gasteiger partial charge is 0.488 e. The van der Waals surface area contributed by atoms with Crippen LogP contribution in [0.15, 0.2) is 66.9 Å². The fraction of sp³-hybridized carbons (Fsp3) is 0.0952. The van der Waals surface area contributed by atoms with E-state index in [0.29, 0.717) is 16.6 Å². The van der Waals surface area contributed by atoms with Crippen molar-refractivity contribution in [2.24, 2.45) is 0 Å². The fourth-order valence-electron chi connectivity index (χ4n) is 2.34. The van der Waals surface area contributed by atoms with Crippen LogP contribution in [0.4, 0.5) is 10.2 Å². The Balaban J connectivity index is 1.56. The van der Waals surface area contributed by atoms with Crippen LogP contribution in [0.2, 0.25) is 5.02 Å². The fourth-order valence-corrected chi connectivity index (χ4v) is 2.45. The minimum absolute atomic E-state index is 0.146. The summed E-state index contributed by atoms with van der Waals surface area (Å²) in [5.74, 6) is -1.01. The molecular weight excluding hydrogens is 399 g/mol. The van der Waals surface area contributed by atoms with E-state index in [4.69, 9.17) is 21.1 Å². The number of benzene rings is 2. The Hall–Kier alpha value is -3.45. The van der Waals surface area contributed by atoms with E-state index in [1.165, 1.54) is 30.5 Å². The lowest BCUT2D eigenvalue weighted by atomic mass is 10.2. The Morgan fingerprint density at radius 3 is 2.52 bits per heavy atom. The standard InChI is InChI=1S/C21H16ClFN2O4/c22-15-7-10-19(24-11-15)25-20(26)13-29-21(27)17-3-1-2-4-18(17)28-12-14-5-8-16(23)9-6-14/h1-11H,12-13H2,(H,24,25,26). The molecule has 3 rings (SSSR count). The number of halogens is 2. The van der Waals surface area contributed by atoms with Crippen molar-refractivity contribution < 1.29 is 23.5 Å². The van der Waals surface area contributed by atoms with Gasteiger partial charge < -0.3 is 14.8 Å². The Bertz CT molecular complexity index is 994. The van der Waals surface area contributed by atoms with E-state index in [-0.39, 0.29) is 18.0 Å². The molecule has 0 bridgehead atoms. The normalized spacial score (nSPS) is 10.3. The van der Waals surface area contributed by atoms with Crippen LogP contribution >= 0.6 is 11.6 Å². The lowest BCUT2D eigenvalue weighted by Gasteiger charge is -2.11. The summed E-state index contributed by atoms with van der Waals surface area (Å²) in [6, 6.07) is 15.4. The van der Waals surface area contributed by atoms with Crippen LogP contribution in [-0.2, 0) is 16.1 Å². The molecule has 0 aliphatic heterocycles. The molecule has 2 aromatic carbocycles. The number of ether oxygens (including phenoxy) is 2. The molecule has 8 heteroatoms. The predicted molar refractivity (Wildman–Crippen MR) is 105 cm³/mol. The van der Waals surface area contributed by atoms with E-state index in [1.807, 2.05) is 0 Å². The molecule has 0 radical (unpaired) electrons. The zero-order valence-electron chi connectivity index (χ0n) is 15.1. The number of carbonyl (C=O) groups is 2. The molecule has 3 aromatic rings. The second kappa shape index (κ2) is 9.66. The molecule has 6 nitrogen and oxygen atoms in total. The van der Waals surface area contributed by atoms with E-state index < -0.39 is 18.5 Å². The highest BCUT2D eigenvalue weighted by molar-refractivity contribution is 6.30. The molecule has 0 unspecified atom stereocenters. The monoisotopic (exact) mass is 414 g/mol. The van der Waals surface area contributed by atoms with Crippen molar-refractivity contribution in [2.75, 3.05) is 11.9 Å². The van der Waals surface area contributed by atoms with Crippen LogP contribution in [0.3, 0.4) is 0 Å². The summed E-state index contributed by atoms with van der Waals surface area (Å²) >= 11 is 5.73. The third-order valence-electron chi connectivity index (χ3n) is 3.74. The minimum atomic E-state index is -0.709. The average Bonchev–Trinajstić information content (AvgIpc) is 2.73. The quantitative estimate of drug-likeness (QED) is 0.585. The number of nitrogens with one attached hydrogen (secondary N) is 1. The van der Waals surface area contributed by atoms with Crippen molar-refractivity contribution >= 4 is 29.3 Å². The number of nitrogens with zero attached hydrogens (tertiary/aromatic N) is 1. The van der Waals surface area contributed by atoms with Gasteiger partial charge in [-0.3, -0.25) is 4.79 Å². The zero-order chi connectivity index (χ0) is 20.6. The summed E-state index contributed by atoms with van der Waals surface area (Å²) in [6.07, 6.45) is 1.39. The Morgan fingerprint density at radius 2 is 1.79 bits per heavy atom. The number of hydrogen-bond donors (Lipinski definition) is 1. The number of carbonyl (C=O) groups excluding carboxylic acids is 2. The van der Waals surface area contributed by atoms with Gasteiger partial charge in [0.15, 0.2) is 6.61 Å². The highest BCUT2D eigenvalue weighted by Gasteiger charge is 2.15. The number of anilines is 1. The van der Waals surface area contributed by atoms with Gasteiger partial charge in [-0.05, 0) is 42.0 Å². The van der Waals surface area contributed by atoms with Crippen molar-refractivity contribution in [3.8, 4) is 5.75 Å². The van der Waals surface area contributed by atoms with Gasteiger partial charge in [0, 0.05) is 6.20 Å². The summed E-state index contributed by atoms with van der Waals surface area (Å²) in [5, 5.41) is 2.93. The topological polar surface area (TPSA) is 77.5 Å². The number of pyridine rings is 1. The van der Waals surface area contributed by atoms with Crippen molar-refractivity contribution in [2.45, 2.75) is 6.61 Å². The van der Waals surface area contributed by atoms with E-state index in [0.717, 1.165) is 5.56 Å². The second-order valence-electron chi connectivity index (χ2n) is 5.90. The lowest BCUT2D eigenvalue weighted by molar-refractivity contribution is -0.119. The molecule has 148 valence electrons. The molecule has 0 spiro atoms. The molecule has 0 saturated heterocycles. The summed E-state index contributed by atoms with van der Waals surface area (Å²) in [4.78, 5) is 28.2. The van der Waals surface area contributed by atoms with Crippen LogP contribution in [0, 0.1) is 5.82 Å². The molecule has 0 fully saturated rings. The van der Waals surface area contributed by atoms with Crippen molar-refractivity contribution in [1.82, 2.24) is 4.98 Å². The van der Waals surface area contributed by atoms with Crippen LogP contribution in [0.1, 0.15) is 15.9 Å². The molecule has 0 aliphatic rings. The van der Waals surface area contributed by atoms with Crippen LogP contribution < -0.4 is 10.1 Å². The van der Waals surface area contributed by atoms with Crippen molar-refractivity contribution in [3.63, 3.8) is 0 Å². The molecule has 1 heterocycles. The Morgan fingerprint density at radius 1 is 1.03 bits per heavy atom. The molecule has 29 heavy (non-hydrogen) atoms. The van der Waals surface area contributed by atoms with E-state index in [2.05, 4.69) is 10.3 Å². The number of hydrogen-bond acceptors (Lipinski definition) is 5. The number of esters is 1. The highest BCUT2D eigenvalue weighted by Crippen LogP contribution is 2.20. The first-order valence-electron chi connectivity index (χ1n) is 8.56. The summed E-state index contributed by atoms with van der Waals surface area (Å²) in [5.41, 5.74) is 0.913. The van der Waals surface area contributed by atoms with Gasteiger partial charge in [-0.2, -0.15) is 0 Å². The molecule has 1 aromatic heterocycles. The van der Waals surface area contributed by atoms with Crippen molar-refractivity contribution in [3.05, 3.63) is 88.8 Å². The number of para-hydroxylation sites is 1. The number of rotatable bonds is 7. The minimum Gasteiger partial charge on any atom is -0.488 e. The molecular formula is C21H16ClFN2O4. The van der Waals surface area contributed by atoms with Gasteiger partial charge in [-0.1, -0.05) is 35.9 Å². The summed E-state index contributed by atoms with van der Waals surface area (Å²) in [7, 11) is 0. The molecule has 0 aliphatic carbocycles. The first-order chi connectivity index (χ1) is 14.0. The summed E-state index contributed by atoms with van der Waals surface area (Å²) in [6.45, 7) is -0.345. The number of amides is 1. The van der Waals surface area contributed by atoms with Crippen LogP contribution in [0.5, 0.6) is 5.75 Å². The van der Waals surface area contributed by atoms with Gasteiger partial charge in [0.2, 0.25) is 0 Å². The highest BCUT2D eigenvalue weighted by atomic mass is 35.5. The SMILES string of the molecule is O=C(COC(=O)c1ccccc1OCc1ccc(F)cc1)Nc1ccc(Cl)cn1. The lowest BCUT2D eigenvalue weighted by Crippen LogP contribution is -2.21. The maximum atomic E-state index is 13.0. The van der Waals surface area contributed by atoms with Crippen molar-refractivity contribution in [1.29, 1.82) is 0 Å². The van der Waals surface area contributed by atoms with Gasteiger partial charge in [0.25, 0.3) is 5.91 Å². The maximum Gasteiger partial charge on any atom is 0.342 e. The smallest absolute Gasteiger partial charge is 0.342 e. The van der Waals surface area contributed by atoms with Gasteiger partial charge in [-0.25, -0.2) is 14.2 Å². The zero-order valence-corrected chi connectivity index (χ0v) is 15.9. The van der Waals surface area contributed by atoms with Gasteiger partial charge in [0.1, 0.15) is 29.6 Å². The first kappa shape index (κ1) is 20.3. The average molecular weight is 415 g/mol. The molecule has 0 atom stereocenters. The van der Waals surface area contributed by atoms with E-state index in [9.17, 15) is 14.0 Å². The predicted octanol–water partition coefficient (Wildman–Crippen LogP) is 4.25. The first-order valence-corrected chi connectivity index (χ1v) is 8.94. The Kier molecular flexibility index (Phi) is 6.76. The van der Waals surface area contributed by atoms with E-state index >= 15 is 0 Å². The van der Waals surface area contributed by atoms with Crippen LogP contribution in [0.25, 0.3) is 0 Å². The van der Waals surface area contributed by atoms with Gasteiger partial charge >= 0.3 is 5.97 Å². The van der Waals surface area contributed by atoms with Gasteiger partial charge in [-0.15, -0.1) is 0 Å². The van der Waals surface area contributed by atoms with Gasteiger partial charge in [0.05, 0.1) is 5.02 Å². The molecule has 1 N–H and O–H groups in total. The molecule has 0 saturated carbocycles. The van der Waals surface area contributed by atoms with E-state index in [1.54, 1.807) is 36.4 Å². The maximum absolute atomic E-state index is 13.0. The third-order valence-corrected chi connectivity index (χ3v) is 3.97. The van der Waals surface area contributed by atoms with Crippen LogP contribution in [-0.4, -0.2) is 23.5 Å². The Labute approximate surface area is 171 Å². The third kappa shape index (κ3) is 6.02. The summed E-state index contributed by atoms with van der Waals surface area (Å²) < 4.78 is 23.7. The molecule has 1 amide bonds. The number of aromatic nitrogens is 1. The second-order valence-corrected chi connectivity index (χ2v) is 6.33.